The summed E-state index contributed by atoms with van der Waals surface area (Å²) in [5, 5.41) is 0. The predicted molar refractivity (Wildman–Crippen MR) is 52.8 cm³/mol. The molecule has 78 valence electrons. The minimum atomic E-state index is -3.36. The van der Waals surface area contributed by atoms with Gasteiger partial charge in [0.05, 0.1) is 11.9 Å². The van der Waals surface area contributed by atoms with Crippen molar-refractivity contribution in [3.63, 3.8) is 0 Å². The van der Waals surface area contributed by atoms with Crippen LogP contribution >= 0.6 is 0 Å². The molecule has 0 aromatic heterocycles. The van der Waals surface area contributed by atoms with Gasteiger partial charge in [0, 0.05) is 12.1 Å². The topological polar surface area (TPSA) is 72.2 Å². The highest BCUT2D eigenvalue weighted by molar-refractivity contribution is 7.92. The Balaban J connectivity index is 2.98. The van der Waals surface area contributed by atoms with Crippen LogP contribution in [0, 0.1) is 5.82 Å². The number of nitrogens with one attached hydrogen (secondary N) is 1. The van der Waals surface area contributed by atoms with Gasteiger partial charge in [0.2, 0.25) is 10.0 Å². The molecular formula is C8H11FN2O2S. The van der Waals surface area contributed by atoms with Crippen molar-refractivity contribution in [2.45, 2.75) is 6.54 Å². The molecule has 1 rings (SSSR count). The second kappa shape index (κ2) is 3.93. The van der Waals surface area contributed by atoms with Crippen LogP contribution in [-0.4, -0.2) is 14.7 Å². The van der Waals surface area contributed by atoms with Gasteiger partial charge in [-0.1, -0.05) is 6.07 Å². The van der Waals surface area contributed by atoms with Gasteiger partial charge in [-0.25, -0.2) is 12.8 Å². The van der Waals surface area contributed by atoms with Crippen molar-refractivity contribution < 1.29 is 12.8 Å². The van der Waals surface area contributed by atoms with E-state index >= 15 is 0 Å². The third-order valence-electron chi connectivity index (χ3n) is 1.58. The lowest BCUT2D eigenvalue weighted by Gasteiger charge is -2.05. The van der Waals surface area contributed by atoms with Crippen molar-refractivity contribution >= 4 is 15.7 Å². The first kappa shape index (κ1) is 10.9. The van der Waals surface area contributed by atoms with E-state index < -0.39 is 15.8 Å². The number of hydrogen-bond donors (Lipinski definition) is 2. The highest BCUT2D eigenvalue weighted by atomic mass is 32.2. The molecule has 1 aromatic rings. The third kappa shape index (κ3) is 2.97. The summed E-state index contributed by atoms with van der Waals surface area (Å²) in [6.45, 7) is 0.0883. The van der Waals surface area contributed by atoms with Crippen molar-refractivity contribution in [1.29, 1.82) is 0 Å². The molecule has 0 fully saturated rings. The Labute approximate surface area is 82.0 Å². The van der Waals surface area contributed by atoms with Gasteiger partial charge >= 0.3 is 0 Å². The van der Waals surface area contributed by atoms with Gasteiger partial charge in [-0.15, -0.1) is 0 Å². The molecule has 0 amide bonds. The van der Waals surface area contributed by atoms with E-state index in [0.29, 0.717) is 5.56 Å². The average molecular weight is 218 g/mol. The van der Waals surface area contributed by atoms with E-state index in [1.54, 1.807) is 0 Å². The molecule has 0 aliphatic carbocycles. The SMILES string of the molecule is CS(=O)(=O)Nc1ccc(CN)c(F)c1. The normalized spacial score (nSPS) is 11.4. The smallest absolute Gasteiger partial charge is 0.229 e. The van der Waals surface area contributed by atoms with E-state index in [1.165, 1.54) is 12.1 Å². The van der Waals surface area contributed by atoms with Crippen LogP contribution in [0.2, 0.25) is 0 Å². The molecule has 1 aromatic carbocycles. The monoisotopic (exact) mass is 218 g/mol. The van der Waals surface area contributed by atoms with Crippen LogP contribution in [0.25, 0.3) is 0 Å². The molecule has 0 saturated carbocycles. The number of nitrogens with two attached hydrogens (primary N) is 1. The molecule has 0 heterocycles. The molecule has 0 aliphatic rings. The Bertz CT molecular complexity index is 431. The molecule has 0 spiro atoms. The standard InChI is InChI=1S/C8H11FN2O2S/c1-14(12,13)11-7-3-2-6(5-10)8(9)4-7/h2-4,11H,5,10H2,1H3. The first-order valence-corrected chi connectivity index (χ1v) is 5.78. The summed E-state index contributed by atoms with van der Waals surface area (Å²) in [4.78, 5) is 0. The number of hydrogen-bond acceptors (Lipinski definition) is 3. The number of sulfonamides is 1. The maximum absolute atomic E-state index is 13.1. The van der Waals surface area contributed by atoms with Crippen molar-refractivity contribution in [2.24, 2.45) is 5.73 Å². The van der Waals surface area contributed by atoms with Crippen LogP contribution in [0.3, 0.4) is 0 Å². The van der Waals surface area contributed by atoms with Gasteiger partial charge in [0.1, 0.15) is 5.82 Å². The molecule has 0 atom stereocenters. The van der Waals surface area contributed by atoms with Crippen LogP contribution in [-0.2, 0) is 16.6 Å². The lowest BCUT2D eigenvalue weighted by atomic mass is 10.2. The van der Waals surface area contributed by atoms with E-state index in [9.17, 15) is 12.8 Å². The highest BCUT2D eigenvalue weighted by Crippen LogP contribution is 2.14. The molecule has 0 saturated heterocycles. The van der Waals surface area contributed by atoms with E-state index in [0.717, 1.165) is 12.3 Å². The van der Waals surface area contributed by atoms with Gasteiger partial charge < -0.3 is 5.73 Å². The van der Waals surface area contributed by atoms with E-state index in [2.05, 4.69) is 4.72 Å². The molecule has 3 N–H and O–H groups in total. The van der Waals surface area contributed by atoms with Crippen molar-refractivity contribution in [2.75, 3.05) is 11.0 Å². The minimum absolute atomic E-state index is 0.0883. The van der Waals surface area contributed by atoms with E-state index in [1.807, 2.05) is 0 Å². The summed E-state index contributed by atoms with van der Waals surface area (Å²) in [6.07, 6.45) is 1.00. The van der Waals surface area contributed by atoms with Crippen LogP contribution in [0.1, 0.15) is 5.56 Å². The van der Waals surface area contributed by atoms with E-state index in [-0.39, 0.29) is 12.2 Å². The Hall–Kier alpha value is -1.14. The molecule has 0 unspecified atom stereocenters. The Morgan fingerprint density at radius 3 is 2.57 bits per heavy atom. The first-order chi connectivity index (χ1) is 6.42. The summed E-state index contributed by atoms with van der Waals surface area (Å²) in [7, 11) is -3.36. The van der Waals surface area contributed by atoms with Crippen LogP contribution in [0.4, 0.5) is 10.1 Å². The number of halogens is 1. The van der Waals surface area contributed by atoms with E-state index in [4.69, 9.17) is 5.73 Å². The lowest BCUT2D eigenvalue weighted by molar-refractivity contribution is 0.606. The Morgan fingerprint density at radius 1 is 1.50 bits per heavy atom. The third-order valence-corrected chi connectivity index (χ3v) is 2.18. The maximum Gasteiger partial charge on any atom is 0.229 e. The zero-order valence-corrected chi connectivity index (χ0v) is 8.44. The molecule has 6 heteroatoms. The zero-order valence-electron chi connectivity index (χ0n) is 7.62. The van der Waals surface area contributed by atoms with Gasteiger partial charge in [-0.05, 0) is 12.1 Å². The predicted octanol–water partition coefficient (Wildman–Crippen LogP) is 0.656. The number of rotatable bonds is 3. The van der Waals surface area contributed by atoms with Crippen molar-refractivity contribution in [1.82, 2.24) is 0 Å². The van der Waals surface area contributed by atoms with Gasteiger partial charge in [-0.3, -0.25) is 4.72 Å². The fourth-order valence-corrected chi connectivity index (χ4v) is 1.55. The van der Waals surface area contributed by atoms with Crippen molar-refractivity contribution in [3.8, 4) is 0 Å². The van der Waals surface area contributed by atoms with Gasteiger partial charge in [0.25, 0.3) is 0 Å². The summed E-state index contributed by atoms with van der Waals surface area (Å²) >= 11 is 0. The summed E-state index contributed by atoms with van der Waals surface area (Å²) in [5.41, 5.74) is 5.80. The molecule has 0 radical (unpaired) electrons. The zero-order chi connectivity index (χ0) is 10.8. The number of anilines is 1. The summed E-state index contributed by atoms with van der Waals surface area (Å²) in [6, 6.07) is 4.01. The van der Waals surface area contributed by atoms with Gasteiger partial charge in [0.15, 0.2) is 0 Å². The average Bonchev–Trinajstić information content (AvgIpc) is 2.01. The largest absolute Gasteiger partial charge is 0.326 e. The Morgan fingerprint density at radius 2 is 2.14 bits per heavy atom. The Kier molecular flexibility index (Phi) is 3.07. The molecular weight excluding hydrogens is 207 g/mol. The fraction of sp³-hybridized carbons (Fsp3) is 0.250. The summed E-state index contributed by atoms with van der Waals surface area (Å²) in [5.74, 6) is -0.513. The van der Waals surface area contributed by atoms with Gasteiger partial charge in [-0.2, -0.15) is 0 Å². The molecule has 0 aliphatic heterocycles. The number of benzene rings is 1. The lowest BCUT2D eigenvalue weighted by Crippen LogP contribution is -2.10. The molecule has 4 nitrogen and oxygen atoms in total. The first-order valence-electron chi connectivity index (χ1n) is 3.88. The minimum Gasteiger partial charge on any atom is -0.326 e. The second-order valence-electron chi connectivity index (χ2n) is 2.88. The molecule has 14 heavy (non-hydrogen) atoms. The van der Waals surface area contributed by atoms with Crippen LogP contribution in [0.15, 0.2) is 18.2 Å². The molecule has 0 bridgehead atoms. The summed E-state index contributed by atoms with van der Waals surface area (Å²) < 4.78 is 36.9. The second-order valence-corrected chi connectivity index (χ2v) is 4.63. The van der Waals surface area contributed by atoms with Crippen LogP contribution < -0.4 is 10.5 Å². The fourth-order valence-electron chi connectivity index (χ4n) is 0.990. The quantitative estimate of drug-likeness (QED) is 0.782. The van der Waals surface area contributed by atoms with Crippen LogP contribution in [0.5, 0.6) is 0 Å². The van der Waals surface area contributed by atoms with Crippen molar-refractivity contribution in [3.05, 3.63) is 29.6 Å². The maximum atomic E-state index is 13.1. The highest BCUT2D eigenvalue weighted by Gasteiger charge is 2.05.